The summed E-state index contributed by atoms with van der Waals surface area (Å²) in [4.78, 5) is 4.64. The van der Waals surface area contributed by atoms with Crippen LogP contribution in [0.25, 0.3) is 0 Å². The monoisotopic (exact) mass is 340 g/mol. The van der Waals surface area contributed by atoms with Gasteiger partial charge >= 0.3 is 0 Å². The van der Waals surface area contributed by atoms with E-state index in [-0.39, 0.29) is 6.79 Å². The van der Waals surface area contributed by atoms with Gasteiger partial charge in [0, 0.05) is 23.6 Å². The molecular weight excluding hydrogens is 324 g/mol. The minimum absolute atomic E-state index is 0.278. The van der Waals surface area contributed by atoms with Gasteiger partial charge < -0.3 is 19.5 Å². The molecule has 0 amide bonds. The van der Waals surface area contributed by atoms with Crippen LogP contribution in [0.3, 0.4) is 0 Å². The third-order valence-electron chi connectivity index (χ3n) is 3.69. The van der Waals surface area contributed by atoms with Gasteiger partial charge in [0.15, 0.2) is 16.6 Å². The molecule has 0 aliphatic carbocycles. The number of nitrogens with one attached hydrogen (secondary N) is 1. The van der Waals surface area contributed by atoms with Gasteiger partial charge in [-0.2, -0.15) is 0 Å². The second-order valence-electron chi connectivity index (χ2n) is 5.37. The lowest BCUT2D eigenvalue weighted by Crippen LogP contribution is -1.93. The quantitative estimate of drug-likeness (QED) is 0.754. The predicted octanol–water partition coefficient (Wildman–Crippen LogP) is 4.21. The highest BCUT2D eigenvalue weighted by molar-refractivity contribution is 7.13. The van der Waals surface area contributed by atoms with Gasteiger partial charge in [-0.25, -0.2) is 4.98 Å². The Hall–Kier alpha value is -2.73. The van der Waals surface area contributed by atoms with Gasteiger partial charge in [-0.3, -0.25) is 0 Å². The smallest absolute Gasteiger partial charge is 0.231 e. The molecule has 2 heterocycles. The number of anilines is 2. The summed E-state index contributed by atoms with van der Waals surface area (Å²) in [7, 11) is 1.68. The third kappa shape index (κ3) is 3.14. The Bertz CT molecular complexity index is 863. The lowest BCUT2D eigenvalue weighted by Gasteiger charge is -2.04. The number of fused-ring (bicyclic) bond motifs is 1. The topological polar surface area (TPSA) is 52.6 Å². The number of hydrogen-bond donors (Lipinski definition) is 1. The zero-order valence-corrected chi connectivity index (χ0v) is 13.9. The molecule has 0 unspecified atom stereocenters. The lowest BCUT2D eigenvalue weighted by atomic mass is 10.1. The molecule has 0 atom stereocenters. The molecule has 0 radical (unpaired) electrons. The highest BCUT2D eigenvalue weighted by Gasteiger charge is 2.13. The maximum atomic E-state index is 5.39. The first kappa shape index (κ1) is 14.8. The summed E-state index contributed by atoms with van der Waals surface area (Å²) in [5, 5.41) is 6.23. The minimum atomic E-state index is 0.278. The summed E-state index contributed by atoms with van der Waals surface area (Å²) < 4.78 is 16.0. The van der Waals surface area contributed by atoms with Gasteiger partial charge in [-0.05, 0) is 29.8 Å². The van der Waals surface area contributed by atoms with E-state index in [1.54, 1.807) is 18.4 Å². The van der Waals surface area contributed by atoms with E-state index in [9.17, 15) is 0 Å². The molecule has 6 heteroatoms. The second kappa shape index (κ2) is 6.41. The summed E-state index contributed by atoms with van der Waals surface area (Å²) in [6.07, 6.45) is 0.774. The van der Waals surface area contributed by atoms with E-state index in [4.69, 9.17) is 14.2 Å². The molecule has 0 saturated heterocycles. The van der Waals surface area contributed by atoms with Gasteiger partial charge in [-0.1, -0.05) is 12.1 Å². The fourth-order valence-corrected chi connectivity index (χ4v) is 3.27. The van der Waals surface area contributed by atoms with Crippen molar-refractivity contribution < 1.29 is 14.2 Å². The van der Waals surface area contributed by atoms with Crippen molar-refractivity contribution in [2.75, 3.05) is 19.2 Å². The first-order chi connectivity index (χ1) is 11.8. The van der Waals surface area contributed by atoms with Crippen molar-refractivity contribution in [3.8, 4) is 17.2 Å². The molecule has 0 fully saturated rings. The van der Waals surface area contributed by atoms with Crippen LogP contribution < -0.4 is 19.5 Å². The average molecular weight is 340 g/mol. The van der Waals surface area contributed by atoms with E-state index in [1.165, 1.54) is 5.56 Å². The fourth-order valence-electron chi connectivity index (χ4n) is 2.53. The Morgan fingerprint density at radius 2 is 2.08 bits per heavy atom. The van der Waals surface area contributed by atoms with E-state index in [0.717, 1.165) is 40.2 Å². The molecular formula is C18H16N2O3S. The Morgan fingerprint density at radius 1 is 1.17 bits per heavy atom. The molecule has 24 heavy (non-hydrogen) atoms. The average Bonchev–Trinajstić information content (AvgIpc) is 3.24. The zero-order chi connectivity index (χ0) is 16.4. The van der Waals surface area contributed by atoms with Gasteiger partial charge in [0.05, 0.1) is 12.8 Å². The van der Waals surface area contributed by atoms with Crippen LogP contribution in [-0.4, -0.2) is 18.9 Å². The molecule has 1 aliphatic heterocycles. The molecule has 5 nitrogen and oxygen atoms in total. The van der Waals surface area contributed by atoms with Crippen LogP contribution >= 0.6 is 11.3 Å². The Balaban J connectivity index is 1.46. The number of methoxy groups -OCH3 is 1. The van der Waals surface area contributed by atoms with Crippen LogP contribution in [0.2, 0.25) is 0 Å². The van der Waals surface area contributed by atoms with Crippen LogP contribution in [0.15, 0.2) is 47.8 Å². The van der Waals surface area contributed by atoms with E-state index in [0.29, 0.717) is 0 Å². The number of nitrogens with zero attached hydrogens (tertiary/aromatic N) is 1. The SMILES string of the molecule is COc1cccc(Cc2csc(Nc3ccc4c(c3)OCO4)n2)c1. The van der Waals surface area contributed by atoms with Crippen molar-refractivity contribution in [3.63, 3.8) is 0 Å². The van der Waals surface area contributed by atoms with Crippen LogP contribution in [-0.2, 0) is 6.42 Å². The fraction of sp³-hybridized carbons (Fsp3) is 0.167. The lowest BCUT2D eigenvalue weighted by molar-refractivity contribution is 0.174. The zero-order valence-electron chi connectivity index (χ0n) is 13.1. The molecule has 3 aromatic rings. The molecule has 122 valence electrons. The second-order valence-corrected chi connectivity index (χ2v) is 6.22. The highest BCUT2D eigenvalue weighted by atomic mass is 32.1. The normalized spacial score (nSPS) is 12.2. The van der Waals surface area contributed by atoms with Crippen molar-refractivity contribution in [3.05, 3.63) is 59.1 Å². The molecule has 1 aromatic heterocycles. The Morgan fingerprint density at radius 3 is 3.00 bits per heavy atom. The maximum Gasteiger partial charge on any atom is 0.231 e. The number of rotatable bonds is 5. The summed E-state index contributed by atoms with van der Waals surface area (Å²) in [5.41, 5.74) is 3.13. The molecule has 1 N–H and O–H groups in total. The molecule has 0 spiro atoms. The third-order valence-corrected chi connectivity index (χ3v) is 4.50. The largest absolute Gasteiger partial charge is 0.497 e. The maximum absolute atomic E-state index is 5.39. The van der Waals surface area contributed by atoms with Crippen LogP contribution in [0, 0.1) is 0 Å². The summed E-state index contributed by atoms with van der Waals surface area (Å²) >= 11 is 1.58. The number of benzene rings is 2. The predicted molar refractivity (Wildman–Crippen MR) is 93.8 cm³/mol. The Labute approximate surface area is 143 Å². The first-order valence-corrected chi connectivity index (χ1v) is 8.42. The standard InChI is InChI=1S/C18H16N2O3S/c1-21-15-4-2-3-12(8-15)7-14-10-24-18(20-14)19-13-5-6-16-17(9-13)23-11-22-16/h2-6,8-10H,7,11H2,1H3,(H,19,20). The van der Waals surface area contributed by atoms with Crippen molar-refractivity contribution >= 4 is 22.2 Å². The van der Waals surface area contributed by atoms with Crippen molar-refractivity contribution in [1.82, 2.24) is 4.98 Å². The number of aromatic nitrogens is 1. The van der Waals surface area contributed by atoms with E-state index >= 15 is 0 Å². The number of ether oxygens (including phenoxy) is 3. The number of hydrogen-bond acceptors (Lipinski definition) is 6. The van der Waals surface area contributed by atoms with E-state index in [1.807, 2.05) is 36.4 Å². The molecule has 4 rings (SSSR count). The number of thiazole rings is 1. The summed E-state index contributed by atoms with van der Waals surface area (Å²) in [6.45, 7) is 0.278. The van der Waals surface area contributed by atoms with Crippen molar-refractivity contribution in [2.24, 2.45) is 0 Å². The Kier molecular flexibility index (Phi) is 3.96. The highest BCUT2D eigenvalue weighted by Crippen LogP contribution is 2.35. The molecule has 1 aliphatic rings. The van der Waals surface area contributed by atoms with Gasteiger partial charge in [-0.15, -0.1) is 11.3 Å². The van der Waals surface area contributed by atoms with Crippen LogP contribution in [0.1, 0.15) is 11.3 Å². The van der Waals surface area contributed by atoms with Gasteiger partial charge in [0.1, 0.15) is 5.75 Å². The van der Waals surface area contributed by atoms with Crippen molar-refractivity contribution in [2.45, 2.75) is 6.42 Å². The first-order valence-electron chi connectivity index (χ1n) is 7.54. The minimum Gasteiger partial charge on any atom is -0.497 e. The van der Waals surface area contributed by atoms with Crippen LogP contribution in [0.4, 0.5) is 10.8 Å². The van der Waals surface area contributed by atoms with Crippen molar-refractivity contribution in [1.29, 1.82) is 0 Å². The van der Waals surface area contributed by atoms with Crippen LogP contribution in [0.5, 0.6) is 17.2 Å². The molecule has 0 bridgehead atoms. The van der Waals surface area contributed by atoms with E-state index in [2.05, 4.69) is 21.7 Å². The van der Waals surface area contributed by atoms with Gasteiger partial charge in [0.2, 0.25) is 6.79 Å². The summed E-state index contributed by atoms with van der Waals surface area (Å²) in [5.74, 6) is 2.40. The molecule has 2 aromatic carbocycles. The van der Waals surface area contributed by atoms with E-state index < -0.39 is 0 Å². The molecule has 0 saturated carbocycles. The van der Waals surface area contributed by atoms with Gasteiger partial charge in [0.25, 0.3) is 0 Å². The summed E-state index contributed by atoms with van der Waals surface area (Å²) in [6, 6.07) is 13.8.